The SMILES string of the molecule is C[Si](C)(O[Si](C)(C)[C]1[CH][CH][CH][CH]1)O[Si](C)(C)[C]1[CH][CH][CH][CH]1.[CH]1[CH][CH][CH][CH]1.[CH]1[CH][CH][CH][CH]1.[Cl][Zr+2][Cl].[Cl][Zr+2][Cl]. The Balaban J connectivity index is 0.000000650. The molecule has 2 nitrogen and oxygen atoms in total. The Morgan fingerprint density at radius 2 is 0.622 bits per heavy atom. The molecule has 0 amide bonds. The van der Waals surface area contributed by atoms with E-state index in [0.717, 1.165) is 0 Å². The fraction of sp³-hybridized carbons (Fsp3) is 0.231. The standard InChI is InChI=1S/C16H26O2Si3.2C5H5.4ClH.2Zr/c1-19(2,15-11-7-8-12-15)17-21(5,6)18-20(3,4)16-13-9-10-14-16;2*1-2-4-5-3-1;;;;;;/h7-14H,1-6H3;2*1-5H;4*1H;;/q;;;;;;;2*+4/p-4. The minimum atomic E-state index is -2.16. The van der Waals surface area contributed by atoms with Gasteiger partial charge in [0.15, 0.2) is 16.6 Å². The summed E-state index contributed by atoms with van der Waals surface area (Å²) in [7, 11) is 13.8. The summed E-state index contributed by atoms with van der Waals surface area (Å²) in [5.74, 6) is 0. The average molecular weight is 789 g/mol. The molecule has 4 aliphatic carbocycles. The number of hydrogen-bond acceptors (Lipinski definition) is 2. The minimum absolute atomic E-state index is 0.826. The van der Waals surface area contributed by atoms with E-state index in [1.165, 1.54) is 11.1 Å². The molecule has 4 aliphatic rings. The topological polar surface area (TPSA) is 18.5 Å². The molecule has 0 heterocycles. The molecule has 0 atom stereocenters. The molecule has 196 valence electrons. The van der Waals surface area contributed by atoms with E-state index in [0.29, 0.717) is 0 Å². The van der Waals surface area contributed by atoms with Crippen LogP contribution in [0.4, 0.5) is 0 Å². The van der Waals surface area contributed by atoms with Crippen LogP contribution >= 0.6 is 34.1 Å². The van der Waals surface area contributed by atoms with Gasteiger partial charge in [-0.1, -0.05) is 0 Å². The Morgan fingerprint density at radius 3 is 0.811 bits per heavy atom. The van der Waals surface area contributed by atoms with Gasteiger partial charge in [-0.15, -0.1) is 0 Å². The van der Waals surface area contributed by atoms with Gasteiger partial charge in [0.1, 0.15) is 0 Å². The molecule has 0 aromatic carbocycles. The van der Waals surface area contributed by atoms with Crippen molar-refractivity contribution in [2.24, 2.45) is 0 Å². The van der Waals surface area contributed by atoms with Crippen LogP contribution in [-0.2, 0) is 49.9 Å². The van der Waals surface area contributed by atoms with Crippen molar-refractivity contribution < 1.29 is 49.9 Å². The van der Waals surface area contributed by atoms with Crippen LogP contribution in [0.5, 0.6) is 0 Å². The molecule has 0 N–H and O–H groups in total. The number of rotatable bonds is 6. The predicted molar refractivity (Wildman–Crippen MR) is 162 cm³/mol. The quantitative estimate of drug-likeness (QED) is 0.251. The third-order valence-electron chi connectivity index (χ3n) is 4.83. The third-order valence-corrected chi connectivity index (χ3v) is 16.3. The zero-order chi connectivity index (χ0) is 28.2. The normalized spacial score (nSPS) is 20.2. The van der Waals surface area contributed by atoms with Crippen molar-refractivity contribution in [3.8, 4) is 0 Å². The molecule has 0 saturated heterocycles. The maximum absolute atomic E-state index is 6.59. The van der Waals surface area contributed by atoms with Gasteiger partial charge in [0.05, 0.1) is 0 Å². The van der Waals surface area contributed by atoms with Crippen LogP contribution in [-0.4, -0.2) is 25.2 Å². The van der Waals surface area contributed by atoms with Crippen LogP contribution < -0.4 is 0 Å². The number of halogens is 4. The van der Waals surface area contributed by atoms with Crippen LogP contribution in [0.1, 0.15) is 0 Å². The molecule has 4 rings (SSSR count). The molecule has 0 aromatic heterocycles. The fourth-order valence-corrected chi connectivity index (χ4v) is 16.9. The molecule has 37 heavy (non-hydrogen) atoms. The Labute approximate surface area is 272 Å². The van der Waals surface area contributed by atoms with Gasteiger partial charge in [0, 0.05) is 11.1 Å². The summed E-state index contributed by atoms with van der Waals surface area (Å²) in [6, 6.07) is 0. The summed E-state index contributed by atoms with van der Waals surface area (Å²) in [4.78, 5) is 0. The molecular formula is C26H36Cl4O2Si3Zr2+4. The zero-order valence-corrected chi connectivity index (χ0v) is 33.2. The first-order chi connectivity index (χ1) is 17.5. The Morgan fingerprint density at radius 1 is 0.432 bits per heavy atom. The first kappa shape index (κ1) is 40.5. The summed E-state index contributed by atoms with van der Waals surface area (Å²) in [6.45, 7) is 13.4. The van der Waals surface area contributed by atoms with Gasteiger partial charge in [0.2, 0.25) is 0 Å². The monoisotopic (exact) mass is 784 g/mol. The van der Waals surface area contributed by atoms with Gasteiger partial charge >= 0.3 is 84.3 Å². The molecule has 0 aliphatic heterocycles. The summed E-state index contributed by atoms with van der Waals surface area (Å²) < 4.78 is 13.2. The zero-order valence-electron chi connectivity index (χ0n) is 22.2. The second kappa shape index (κ2) is 23.9. The summed E-state index contributed by atoms with van der Waals surface area (Å²) in [5, 5.41) is 0. The van der Waals surface area contributed by atoms with E-state index < -0.39 is 66.9 Å². The van der Waals surface area contributed by atoms with Gasteiger partial charge in [-0.2, -0.15) is 0 Å². The number of hydrogen-bond donors (Lipinski definition) is 0. The molecule has 0 bridgehead atoms. The Bertz CT molecular complexity index is 471. The fourth-order valence-electron chi connectivity index (χ4n) is 3.56. The van der Waals surface area contributed by atoms with Crippen molar-refractivity contribution in [2.45, 2.75) is 39.3 Å². The Hall–Kier alpha value is 3.50. The van der Waals surface area contributed by atoms with Gasteiger partial charge in [0.25, 0.3) is 0 Å². The second-order valence-electron chi connectivity index (χ2n) is 9.04. The van der Waals surface area contributed by atoms with E-state index in [1.54, 1.807) is 0 Å². The maximum atomic E-state index is 6.59. The molecule has 0 aromatic rings. The summed E-state index contributed by atoms with van der Waals surface area (Å²) in [6.07, 6.45) is 37.1. The van der Waals surface area contributed by atoms with E-state index in [-0.39, 0.29) is 0 Å². The summed E-state index contributed by atoms with van der Waals surface area (Å²) >= 11 is -1.65. The third kappa shape index (κ3) is 20.9. The molecule has 20 radical (unpaired) electrons. The van der Waals surface area contributed by atoms with Crippen molar-refractivity contribution in [3.05, 3.63) is 127 Å². The molecular weight excluding hydrogens is 753 g/mol. The molecule has 4 saturated carbocycles. The molecule has 0 spiro atoms. The van der Waals surface area contributed by atoms with Gasteiger partial charge in [-0.3, -0.25) is 0 Å². The van der Waals surface area contributed by atoms with E-state index in [4.69, 9.17) is 42.3 Å². The Kier molecular flexibility index (Phi) is 26.2. The van der Waals surface area contributed by atoms with E-state index in [1.807, 2.05) is 64.2 Å². The van der Waals surface area contributed by atoms with E-state index in [2.05, 4.69) is 90.6 Å². The van der Waals surface area contributed by atoms with Crippen LogP contribution in [0.15, 0.2) is 0 Å². The van der Waals surface area contributed by atoms with Gasteiger partial charge in [-0.25, -0.2) is 0 Å². The second-order valence-corrected chi connectivity index (χ2v) is 28.1. The molecule has 4 fully saturated rings. The van der Waals surface area contributed by atoms with Crippen LogP contribution in [0.25, 0.3) is 0 Å². The van der Waals surface area contributed by atoms with Crippen molar-refractivity contribution in [3.63, 3.8) is 0 Å². The van der Waals surface area contributed by atoms with Crippen molar-refractivity contribution >= 4 is 59.2 Å². The van der Waals surface area contributed by atoms with Gasteiger partial charge in [-0.05, 0) is 155 Å². The van der Waals surface area contributed by atoms with E-state index >= 15 is 0 Å². The van der Waals surface area contributed by atoms with E-state index in [9.17, 15) is 0 Å². The van der Waals surface area contributed by atoms with Gasteiger partial charge < -0.3 is 8.23 Å². The van der Waals surface area contributed by atoms with Crippen molar-refractivity contribution in [2.75, 3.05) is 0 Å². The van der Waals surface area contributed by atoms with Crippen molar-refractivity contribution in [1.29, 1.82) is 0 Å². The van der Waals surface area contributed by atoms with Crippen molar-refractivity contribution in [1.82, 2.24) is 0 Å². The first-order valence-corrected chi connectivity index (χ1v) is 32.9. The molecule has 11 heteroatoms. The van der Waals surface area contributed by atoms with Crippen LogP contribution in [0.2, 0.25) is 39.3 Å². The average Bonchev–Trinajstić information content (AvgIpc) is 3.63. The molecule has 0 unspecified atom stereocenters. The van der Waals surface area contributed by atoms with Crippen LogP contribution in [0.3, 0.4) is 0 Å². The summed E-state index contributed by atoms with van der Waals surface area (Å²) in [5.41, 5.74) is 2.69. The predicted octanol–water partition coefficient (Wildman–Crippen LogP) is 8.82. The first-order valence-electron chi connectivity index (χ1n) is 11.6. The van der Waals surface area contributed by atoms with Crippen LogP contribution in [0, 0.1) is 127 Å².